The SMILES string of the molecule is Cc1ncsc1CCC(=O)N1CCC[C@@H](c2nnc(CO)n2C)C1. The second-order valence-electron chi connectivity index (χ2n) is 6.23. The molecule has 7 nitrogen and oxygen atoms in total. The number of rotatable bonds is 5. The standard InChI is InChI=1S/C16H23N5O2S/c1-11-13(24-10-17-11)5-6-15(23)21-7-3-4-12(8-21)16-19-18-14(9-22)20(16)2/h10,12,22H,3-9H2,1-2H3/t12-/m1/s1. The predicted molar refractivity (Wildman–Crippen MR) is 90.7 cm³/mol. The van der Waals surface area contributed by atoms with Crippen LogP contribution < -0.4 is 0 Å². The van der Waals surface area contributed by atoms with E-state index in [1.54, 1.807) is 11.3 Å². The van der Waals surface area contributed by atoms with E-state index in [1.807, 2.05) is 28.9 Å². The van der Waals surface area contributed by atoms with Gasteiger partial charge in [0.1, 0.15) is 12.4 Å². The fraction of sp³-hybridized carbons (Fsp3) is 0.625. The number of aliphatic hydroxyl groups excluding tert-OH is 1. The van der Waals surface area contributed by atoms with E-state index in [2.05, 4.69) is 15.2 Å². The molecule has 1 aliphatic heterocycles. The van der Waals surface area contributed by atoms with Gasteiger partial charge in [-0.3, -0.25) is 4.79 Å². The quantitative estimate of drug-likeness (QED) is 0.882. The minimum absolute atomic E-state index is 0.118. The Morgan fingerprint density at radius 3 is 2.96 bits per heavy atom. The van der Waals surface area contributed by atoms with Crippen LogP contribution in [0, 0.1) is 6.92 Å². The number of piperidine rings is 1. The summed E-state index contributed by atoms with van der Waals surface area (Å²) in [6, 6.07) is 0. The van der Waals surface area contributed by atoms with Crippen molar-refractivity contribution in [2.45, 2.75) is 45.1 Å². The summed E-state index contributed by atoms with van der Waals surface area (Å²) in [5.74, 6) is 1.80. The predicted octanol–water partition coefficient (Wildman–Crippen LogP) is 1.41. The molecule has 1 amide bonds. The number of amides is 1. The van der Waals surface area contributed by atoms with Crippen LogP contribution in [0.25, 0.3) is 0 Å². The van der Waals surface area contributed by atoms with Crippen LogP contribution >= 0.6 is 11.3 Å². The van der Waals surface area contributed by atoms with Crippen molar-refractivity contribution in [2.24, 2.45) is 7.05 Å². The molecule has 0 aliphatic carbocycles. The van der Waals surface area contributed by atoms with Gasteiger partial charge in [-0.2, -0.15) is 0 Å². The third-order valence-electron chi connectivity index (χ3n) is 4.69. The van der Waals surface area contributed by atoms with E-state index in [0.717, 1.165) is 37.3 Å². The van der Waals surface area contributed by atoms with E-state index in [-0.39, 0.29) is 18.4 Å². The molecule has 0 spiro atoms. The summed E-state index contributed by atoms with van der Waals surface area (Å²) in [4.78, 5) is 19.9. The maximum atomic E-state index is 12.6. The van der Waals surface area contributed by atoms with E-state index in [4.69, 9.17) is 0 Å². The van der Waals surface area contributed by atoms with Gasteiger partial charge in [-0.15, -0.1) is 21.5 Å². The summed E-state index contributed by atoms with van der Waals surface area (Å²) in [7, 11) is 1.87. The molecular weight excluding hydrogens is 326 g/mol. The van der Waals surface area contributed by atoms with Gasteiger partial charge in [0, 0.05) is 37.4 Å². The van der Waals surface area contributed by atoms with Crippen LogP contribution in [0.5, 0.6) is 0 Å². The fourth-order valence-electron chi connectivity index (χ4n) is 3.23. The molecule has 1 N–H and O–H groups in total. The molecule has 0 radical (unpaired) electrons. The fourth-order valence-corrected chi connectivity index (χ4v) is 4.01. The Morgan fingerprint density at radius 2 is 2.29 bits per heavy atom. The normalized spacial score (nSPS) is 18.1. The molecule has 1 atom stereocenters. The summed E-state index contributed by atoms with van der Waals surface area (Å²) in [5.41, 5.74) is 2.86. The molecule has 0 unspecified atom stereocenters. The maximum Gasteiger partial charge on any atom is 0.222 e. The van der Waals surface area contributed by atoms with Crippen LogP contribution in [0.15, 0.2) is 5.51 Å². The van der Waals surface area contributed by atoms with E-state index in [0.29, 0.717) is 18.8 Å². The molecule has 0 aromatic carbocycles. The van der Waals surface area contributed by atoms with Crippen LogP contribution in [-0.4, -0.2) is 48.8 Å². The number of likely N-dealkylation sites (tertiary alicyclic amines) is 1. The number of carbonyl (C=O) groups is 1. The monoisotopic (exact) mass is 349 g/mol. The summed E-state index contributed by atoms with van der Waals surface area (Å²) in [6.07, 6.45) is 3.25. The molecule has 130 valence electrons. The Labute approximate surface area is 145 Å². The average Bonchev–Trinajstić information content (AvgIpc) is 3.18. The zero-order valence-corrected chi connectivity index (χ0v) is 14.9. The highest BCUT2D eigenvalue weighted by atomic mass is 32.1. The highest BCUT2D eigenvalue weighted by molar-refractivity contribution is 7.09. The van der Waals surface area contributed by atoms with Crippen molar-refractivity contribution >= 4 is 17.2 Å². The van der Waals surface area contributed by atoms with Crippen LogP contribution in [0.4, 0.5) is 0 Å². The van der Waals surface area contributed by atoms with Gasteiger partial charge in [0.05, 0.1) is 11.2 Å². The van der Waals surface area contributed by atoms with Crippen molar-refractivity contribution in [1.82, 2.24) is 24.6 Å². The number of carbonyl (C=O) groups excluding carboxylic acids is 1. The second kappa shape index (κ2) is 7.40. The molecule has 8 heteroatoms. The maximum absolute atomic E-state index is 12.6. The Balaban J connectivity index is 1.61. The van der Waals surface area contributed by atoms with Crippen molar-refractivity contribution in [3.05, 3.63) is 27.7 Å². The molecule has 2 aromatic rings. The lowest BCUT2D eigenvalue weighted by Gasteiger charge is -2.32. The van der Waals surface area contributed by atoms with E-state index >= 15 is 0 Å². The Bertz CT molecular complexity index is 711. The number of hydrogen-bond donors (Lipinski definition) is 1. The second-order valence-corrected chi connectivity index (χ2v) is 7.17. The third kappa shape index (κ3) is 3.49. The summed E-state index contributed by atoms with van der Waals surface area (Å²) >= 11 is 1.62. The van der Waals surface area contributed by atoms with Gasteiger partial charge in [0.2, 0.25) is 5.91 Å². The van der Waals surface area contributed by atoms with Crippen molar-refractivity contribution in [3.8, 4) is 0 Å². The lowest BCUT2D eigenvalue weighted by Crippen LogP contribution is -2.39. The first-order valence-electron chi connectivity index (χ1n) is 8.26. The van der Waals surface area contributed by atoms with Crippen LogP contribution in [0.1, 0.15) is 47.4 Å². The lowest BCUT2D eigenvalue weighted by atomic mass is 9.96. The molecule has 24 heavy (non-hydrogen) atoms. The topological polar surface area (TPSA) is 84.1 Å². The average molecular weight is 349 g/mol. The lowest BCUT2D eigenvalue weighted by molar-refractivity contribution is -0.132. The Morgan fingerprint density at radius 1 is 1.46 bits per heavy atom. The van der Waals surface area contributed by atoms with Crippen molar-refractivity contribution in [2.75, 3.05) is 13.1 Å². The van der Waals surface area contributed by atoms with Crippen LogP contribution in [0.2, 0.25) is 0 Å². The molecule has 1 saturated heterocycles. The number of aliphatic hydroxyl groups is 1. The number of nitrogens with zero attached hydrogens (tertiary/aromatic N) is 5. The first-order chi connectivity index (χ1) is 11.6. The van der Waals surface area contributed by atoms with Crippen molar-refractivity contribution in [1.29, 1.82) is 0 Å². The Kier molecular flexibility index (Phi) is 5.25. The first-order valence-corrected chi connectivity index (χ1v) is 9.14. The van der Waals surface area contributed by atoms with E-state index < -0.39 is 0 Å². The van der Waals surface area contributed by atoms with Gasteiger partial charge in [-0.25, -0.2) is 4.98 Å². The minimum atomic E-state index is -0.118. The third-order valence-corrected chi connectivity index (χ3v) is 5.69. The molecule has 1 aliphatic rings. The molecule has 1 fully saturated rings. The van der Waals surface area contributed by atoms with Gasteiger partial charge >= 0.3 is 0 Å². The Hall–Kier alpha value is -1.80. The van der Waals surface area contributed by atoms with Crippen molar-refractivity contribution in [3.63, 3.8) is 0 Å². The molecular formula is C16H23N5O2S. The molecule has 2 aromatic heterocycles. The summed E-state index contributed by atoms with van der Waals surface area (Å²) < 4.78 is 1.85. The largest absolute Gasteiger partial charge is 0.388 e. The van der Waals surface area contributed by atoms with E-state index in [1.165, 1.54) is 4.88 Å². The zero-order valence-electron chi connectivity index (χ0n) is 14.1. The molecule has 0 saturated carbocycles. The number of aryl methyl sites for hydroxylation is 2. The highest BCUT2D eigenvalue weighted by Gasteiger charge is 2.28. The number of aromatic nitrogens is 4. The number of thiazole rings is 1. The minimum Gasteiger partial charge on any atom is -0.388 e. The molecule has 3 rings (SSSR count). The van der Waals surface area contributed by atoms with Gasteiger partial charge < -0.3 is 14.6 Å². The highest BCUT2D eigenvalue weighted by Crippen LogP contribution is 2.26. The van der Waals surface area contributed by atoms with Gasteiger partial charge in [-0.1, -0.05) is 0 Å². The molecule has 3 heterocycles. The van der Waals surface area contributed by atoms with Gasteiger partial charge in [-0.05, 0) is 26.2 Å². The van der Waals surface area contributed by atoms with Gasteiger partial charge in [0.15, 0.2) is 5.82 Å². The first kappa shape index (κ1) is 17.0. The van der Waals surface area contributed by atoms with Crippen LogP contribution in [0.3, 0.4) is 0 Å². The summed E-state index contributed by atoms with van der Waals surface area (Å²) in [5, 5.41) is 17.5. The van der Waals surface area contributed by atoms with Gasteiger partial charge in [0.25, 0.3) is 0 Å². The van der Waals surface area contributed by atoms with Crippen LogP contribution in [-0.2, 0) is 24.9 Å². The smallest absolute Gasteiger partial charge is 0.222 e. The molecule has 0 bridgehead atoms. The zero-order chi connectivity index (χ0) is 17.1. The van der Waals surface area contributed by atoms with E-state index in [9.17, 15) is 9.90 Å². The number of hydrogen-bond acceptors (Lipinski definition) is 6. The van der Waals surface area contributed by atoms with Crippen molar-refractivity contribution < 1.29 is 9.90 Å². The summed E-state index contributed by atoms with van der Waals surface area (Å²) in [6.45, 7) is 3.35.